The second kappa shape index (κ2) is 2.22. The van der Waals surface area contributed by atoms with Crippen molar-refractivity contribution in [2.75, 3.05) is 0 Å². The fourth-order valence-electron chi connectivity index (χ4n) is 2.50. The van der Waals surface area contributed by atoms with Crippen LogP contribution in [0.3, 0.4) is 0 Å². The Morgan fingerprint density at radius 3 is 1.82 bits per heavy atom. The minimum Gasteiger partial charge on any atom is -0.390 e. The van der Waals surface area contributed by atoms with Crippen molar-refractivity contribution in [3.05, 3.63) is 0 Å². The summed E-state index contributed by atoms with van der Waals surface area (Å²) in [4.78, 5) is 0. The second-order valence-corrected chi connectivity index (χ2v) is 4.85. The fraction of sp³-hybridized carbons (Fsp3) is 1.00. The molecular formula is C10H18O. The summed E-state index contributed by atoms with van der Waals surface area (Å²) in [7, 11) is 0. The lowest BCUT2D eigenvalue weighted by molar-refractivity contribution is -0.0464. The molecule has 0 aliphatic heterocycles. The zero-order chi connectivity index (χ0) is 7.95. The molecule has 0 unspecified atom stereocenters. The Morgan fingerprint density at radius 2 is 1.45 bits per heavy atom. The maximum Gasteiger partial charge on any atom is 0.0620 e. The first-order chi connectivity index (χ1) is 5.12. The lowest BCUT2D eigenvalue weighted by Crippen LogP contribution is -2.40. The Bertz CT molecular complexity index is 144. The van der Waals surface area contributed by atoms with Gasteiger partial charge in [0.1, 0.15) is 0 Å². The monoisotopic (exact) mass is 154 g/mol. The molecule has 0 aromatic carbocycles. The average molecular weight is 154 g/mol. The van der Waals surface area contributed by atoms with Gasteiger partial charge in [0.25, 0.3) is 0 Å². The van der Waals surface area contributed by atoms with Crippen molar-refractivity contribution in [3.8, 4) is 0 Å². The number of hydrogen-bond donors (Lipinski definition) is 1. The maximum atomic E-state index is 9.73. The molecule has 0 heterocycles. The Morgan fingerprint density at radius 1 is 0.909 bits per heavy atom. The summed E-state index contributed by atoms with van der Waals surface area (Å²) in [5.74, 6) is 0. The van der Waals surface area contributed by atoms with E-state index < -0.39 is 0 Å². The van der Waals surface area contributed by atoms with E-state index in [4.69, 9.17) is 0 Å². The van der Waals surface area contributed by atoms with Gasteiger partial charge in [-0.1, -0.05) is 6.42 Å². The molecule has 11 heavy (non-hydrogen) atoms. The van der Waals surface area contributed by atoms with Crippen molar-refractivity contribution < 1.29 is 5.11 Å². The van der Waals surface area contributed by atoms with Gasteiger partial charge in [-0.25, -0.2) is 0 Å². The lowest BCUT2D eigenvalue weighted by Gasteiger charge is -2.48. The molecule has 2 aliphatic rings. The zero-order valence-electron chi connectivity index (χ0n) is 7.40. The number of rotatable bonds is 0. The van der Waals surface area contributed by atoms with Gasteiger partial charge in [-0.3, -0.25) is 0 Å². The minimum absolute atomic E-state index is 0.332. The Hall–Kier alpha value is -0.0400. The molecule has 2 aliphatic carbocycles. The van der Waals surface area contributed by atoms with Gasteiger partial charge in [-0.2, -0.15) is 0 Å². The first kappa shape index (κ1) is 7.60. The average Bonchev–Trinajstić information content (AvgIpc) is 1.84. The van der Waals surface area contributed by atoms with Crippen LogP contribution in [0.4, 0.5) is 0 Å². The van der Waals surface area contributed by atoms with E-state index in [1.54, 1.807) is 0 Å². The summed E-state index contributed by atoms with van der Waals surface area (Å²) in [6.07, 6.45) is 8.92. The van der Waals surface area contributed by atoms with E-state index in [0.29, 0.717) is 5.41 Å². The number of hydrogen-bond acceptors (Lipinski definition) is 1. The molecule has 0 aromatic rings. The van der Waals surface area contributed by atoms with Gasteiger partial charge in [-0.05, 0) is 50.9 Å². The van der Waals surface area contributed by atoms with E-state index in [2.05, 4.69) is 0 Å². The van der Waals surface area contributed by atoms with Crippen LogP contribution in [-0.2, 0) is 0 Å². The zero-order valence-corrected chi connectivity index (χ0v) is 7.40. The summed E-state index contributed by atoms with van der Waals surface area (Å²) < 4.78 is 0. The predicted molar refractivity (Wildman–Crippen MR) is 45.4 cm³/mol. The van der Waals surface area contributed by atoms with Crippen molar-refractivity contribution in [1.82, 2.24) is 0 Å². The van der Waals surface area contributed by atoms with Gasteiger partial charge in [0.15, 0.2) is 0 Å². The fourth-order valence-corrected chi connectivity index (χ4v) is 2.50. The highest BCUT2D eigenvalue weighted by atomic mass is 16.3. The van der Waals surface area contributed by atoms with E-state index >= 15 is 0 Å². The highest BCUT2D eigenvalue weighted by molar-refractivity contribution is 4.95. The van der Waals surface area contributed by atoms with E-state index in [0.717, 1.165) is 12.8 Å². The van der Waals surface area contributed by atoms with Crippen LogP contribution in [-0.4, -0.2) is 10.7 Å². The normalized spacial score (nSPS) is 33.3. The molecular weight excluding hydrogens is 136 g/mol. The van der Waals surface area contributed by atoms with E-state index in [-0.39, 0.29) is 5.60 Å². The SMILES string of the molecule is CC1(O)CCC2(CCC2)CC1. The Kier molecular flexibility index (Phi) is 1.54. The predicted octanol–water partition coefficient (Wildman–Crippen LogP) is 2.48. The molecule has 2 saturated carbocycles. The van der Waals surface area contributed by atoms with E-state index in [9.17, 15) is 5.11 Å². The topological polar surface area (TPSA) is 20.2 Å². The van der Waals surface area contributed by atoms with Crippen molar-refractivity contribution >= 4 is 0 Å². The van der Waals surface area contributed by atoms with Gasteiger partial charge in [0.05, 0.1) is 5.60 Å². The second-order valence-electron chi connectivity index (χ2n) is 4.85. The standard InChI is InChI=1S/C10H18O/c1-9(11)5-7-10(8-6-9)3-2-4-10/h11H,2-8H2,1H3. The van der Waals surface area contributed by atoms with Crippen LogP contribution in [0.2, 0.25) is 0 Å². The van der Waals surface area contributed by atoms with Gasteiger partial charge in [-0.15, -0.1) is 0 Å². The molecule has 1 heteroatoms. The molecule has 0 atom stereocenters. The highest BCUT2D eigenvalue weighted by Gasteiger charge is 2.42. The third-order valence-corrected chi connectivity index (χ3v) is 3.80. The van der Waals surface area contributed by atoms with Crippen molar-refractivity contribution in [2.45, 2.75) is 57.5 Å². The molecule has 1 spiro atoms. The minimum atomic E-state index is -0.332. The summed E-state index contributed by atoms with van der Waals surface area (Å²) >= 11 is 0. The van der Waals surface area contributed by atoms with Gasteiger partial charge in [0, 0.05) is 0 Å². The van der Waals surface area contributed by atoms with E-state index in [1.165, 1.54) is 32.1 Å². The molecule has 0 saturated heterocycles. The lowest BCUT2D eigenvalue weighted by atomic mass is 9.58. The van der Waals surface area contributed by atoms with Crippen molar-refractivity contribution in [2.24, 2.45) is 5.41 Å². The molecule has 0 amide bonds. The third-order valence-electron chi connectivity index (χ3n) is 3.80. The Labute approximate surface area is 68.8 Å². The molecule has 1 N–H and O–H groups in total. The molecule has 0 radical (unpaired) electrons. The van der Waals surface area contributed by atoms with Crippen LogP contribution in [0.15, 0.2) is 0 Å². The van der Waals surface area contributed by atoms with Crippen molar-refractivity contribution in [3.63, 3.8) is 0 Å². The van der Waals surface area contributed by atoms with Crippen LogP contribution in [0, 0.1) is 5.41 Å². The van der Waals surface area contributed by atoms with Crippen LogP contribution in [0.5, 0.6) is 0 Å². The molecule has 0 aromatic heterocycles. The number of aliphatic hydroxyl groups is 1. The van der Waals surface area contributed by atoms with Crippen LogP contribution in [0.1, 0.15) is 51.9 Å². The summed E-state index contributed by atoms with van der Waals surface area (Å²) in [6, 6.07) is 0. The first-order valence-electron chi connectivity index (χ1n) is 4.84. The van der Waals surface area contributed by atoms with Gasteiger partial charge < -0.3 is 5.11 Å². The quantitative estimate of drug-likeness (QED) is 0.568. The smallest absolute Gasteiger partial charge is 0.0620 e. The largest absolute Gasteiger partial charge is 0.390 e. The first-order valence-corrected chi connectivity index (χ1v) is 4.84. The van der Waals surface area contributed by atoms with Crippen molar-refractivity contribution in [1.29, 1.82) is 0 Å². The van der Waals surface area contributed by atoms with Crippen LogP contribution < -0.4 is 0 Å². The summed E-state index contributed by atoms with van der Waals surface area (Å²) in [6.45, 7) is 1.98. The molecule has 1 nitrogen and oxygen atoms in total. The molecule has 2 fully saturated rings. The summed E-state index contributed by atoms with van der Waals surface area (Å²) in [5.41, 5.74) is 0.364. The Balaban J connectivity index is 1.94. The summed E-state index contributed by atoms with van der Waals surface area (Å²) in [5, 5.41) is 9.73. The van der Waals surface area contributed by atoms with Gasteiger partial charge in [0.2, 0.25) is 0 Å². The maximum absolute atomic E-state index is 9.73. The third kappa shape index (κ3) is 1.31. The molecule has 2 rings (SSSR count). The van der Waals surface area contributed by atoms with E-state index in [1.807, 2.05) is 6.92 Å². The molecule has 0 bridgehead atoms. The van der Waals surface area contributed by atoms with Crippen LogP contribution >= 0.6 is 0 Å². The highest BCUT2D eigenvalue weighted by Crippen LogP contribution is 2.53. The molecule has 64 valence electrons. The van der Waals surface area contributed by atoms with Gasteiger partial charge >= 0.3 is 0 Å². The van der Waals surface area contributed by atoms with Crippen LogP contribution in [0.25, 0.3) is 0 Å².